The van der Waals surface area contributed by atoms with Crippen LogP contribution >= 0.6 is 22.6 Å². The summed E-state index contributed by atoms with van der Waals surface area (Å²) in [5.74, 6) is 0.904. The van der Waals surface area contributed by atoms with Gasteiger partial charge in [-0.2, -0.15) is 0 Å². The SMILES string of the molecule is CCNc1nc(C)cn1-c1ccc(I)cc1. The zero-order valence-corrected chi connectivity index (χ0v) is 11.5. The number of benzene rings is 1. The Labute approximate surface area is 109 Å². The zero-order chi connectivity index (χ0) is 11.5. The molecule has 0 aliphatic carbocycles. The fraction of sp³-hybridized carbons (Fsp3) is 0.250. The highest BCUT2D eigenvalue weighted by Gasteiger charge is 2.05. The summed E-state index contributed by atoms with van der Waals surface area (Å²) < 4.78 is 3.32. The Balaban J connectivity index is 2.42. The molecule has 2 aromatic rings. The highest BCUT2D eigenvalue weighted by Crippen LogP contribution is 2.17. The van der Waals surface area contributed by atoms with Gasteiger partial charge in [-0.3, -0.25) is 4.57 Å². The maximum atomic E-state index is 4.45. The fourth-order valence-electron chi connectivity index (χ4n) is 1.58. The van der Waals surface area contributed by atoms with Gasteiger partial charge in [-0.1, -0.05) is 0 Å². The summed E-state index contributed by atoms with van der Waals surface area (Å²) in [6.07, 6.45) is 2.04. The van der Waals surface area contributed by atoms with Gasteiger partial charge in [0.1, 0.15) is 0 Å². The number of halogens is 1. The van der Waals surface area contributed by atoms with Crippen LogP contribution < -0.4 is 5.32 Å². The van der Waals surface area contributed by atoms with Gasteiger partial charge < -0.3 is 5.32 Å². The number of anilines is 1. The predicted octanol–water partition coefficient (Wildman–Crippen LogP) is 3.22. The Bertz CT molecular complexity index is 474. The van der Waals surface area contributed by atoms with Crippen LogP contribution in [-0.2, 0) is 0 Å². The van der Waals surface area contributed by atoms with E-state index in [-0.39, 0.29) is 0 Å². The van der Waals surface area contributed by atoms with Crippen molar-refractivity contribution in [2.24, 2.45) is 0 Å². The van der Waals surface area contributed by atoms with Crippen LogP contribution in [0.15, 0.2) is 30.5 Å². The molecule has 3 nitrogen and oxygen atoms in total. The maximum absolute atomic E-state index is 4.45. The molecule has 1 aromatic heterocycles. The molecule has 0 aliphatic heterocycles. The van der Waals surface area contributed by atoms with Crippen molar-refractivity contribution >= 4 is 28.5 Å². The Morgan fingerprint density at radius 2 is 2.00 bits per heavy atom. The molecule has 0 saturated carbocycles. The number of aromatic nitrogens is 2. The van der Waals surface area contributed by atoms with Crippen molar-refractivity contribution in [2.75, 3.05) is 11.9 Å². The summed E-state index contributed by atoms with van der Waals surface area (Å²) in [6, 6.07) is 8.40. The van der Waals surface area contributed by atoms with E-state index >= 15 is 0 Å². The van der Waals surface area contributed by atoms with Gasteiger partial charge in [-0.15, -0.1) is 0 Å². The first kappa shape index (κ1) is 11.4. The minimum Gasteiger partial charge on any atom is -0.356 e. The van der Waals surface area contributed by atoms with Crippen LogP contribution in [0.2, 0.25) is 0 Å². The van der Waals surface area contributed by atoms with Crippen LogP contribution in [0, 0.1) is 10.5 Å². The second kappa shape index (κ2) is 4.86. The van der Waals surface area contributed by atoms with Gasteiger partial charge >= 0.3 is 0 Å². The molecule has 1 aromatic carbocycles. The molecule has 1 heterocycles. The van der Waals surface area contributed by atoms with Crippen molar-refractivity contribution in [2.45, 2.75) is 13.8 Å². The van der Waals surface area contributed by atoms with Crippen molar-refractivity contribution in [3.63, 3.8) is 0 Å². The van der Waals surface area contributed by atoms with Crippen molar-refractivity contribution in [3.8, 4) is 5.69 Å². The normalized spacial score (nSPS) is 10.4. The van der Waals surface area contributed by atoms with Crippen molar-refractivity contribution in [1.82, 2.24) is 9.55 Å². The lowest BCUT2D eigenvalue weighted by molar-refractivity contribution is 1.02. The topological polar surface area (TPSA) is 29.9 Å². The van der Waals surface area contributed by atoms with E-state index in [1.807, 2.05) is 13.1 Å². The summed E-state index contributed by atoms with van der Waals surface area (Å²) in [4.78, 5) is 4.45. The maximum Gasteiger partial charge on any atom is 0.207 e. The minimum absolute atomic E-state index is 0.876. The summed E-state index contributed by atoms with van der Waals surface area (Å²) >= 11 is 2.31. The molecule has 1 N–H and O–H groups in total. The number of imidazole rings is 1. The largest absolute Gasteiger partial charge is 0.356 e. The molecule has 16 heavy (non-hydrogen) atoms. The summed E-state index contributed by atoms with van der Waals surface area (Å²) in [6.45, 7) is 4.95. The van der Waals surface area contributed by atoms with E-state index in [1.54, 1.807) is 0 Å². The molecular formula is C12H14IN3. The van der Waals surface area contributed by atoms with Gasteiger partial charge in [-0.05, 0) is 60.7 Å². The van der Waals surface area contributed by atoms with E-state index in [1.165, 1.54) is 3.57 Å². The molecule has 84 valence electrons. The summed E-state index contributed by atoms with van der Waals surface area (Å²) in [7, 11) is 0. The molecule has 0 bridgehead atoms. The third-order valence-electron chi connectivity index (χ3n) is 2.27. The molecule has 2 rings (SSSR count). The van der Waals surface area contributed by atoms with Gasteiger partial charge in [0.05, 0.1) is 5.69 Å². The first-order chi connectivity index (χ1) is 7.70. The number of hydrogen-bond acceptors (Lipinski definition) is 2. The van der Waals surface area contributed by atoms with E-state index in [9.17, 15) is 0 Å². The minimum atomic E-state index is 0.876. The Morgan fingerprint density at radius 1 is 1.31 bits per heavy atom. The van der Waals surface area contributed by atoms with Crippen LogP contribution in [0.3, 0.4) is 0 Å². The van der Waals surface area contributed by atoms with Crippen LogP contribution in [0.25, 0.3) is 5.69 Å². The van der Waals surface area contributed by atoms with Crippen LogP contribution in [-0.4, -0.2) is 16.1 Å². The lowest BCUT2D eigenvalue weighted by atomic mass is 10.3. The van der Waals surface area contributed by atoms with Gasteiger partial charge in [-0.25, -0.2) is 4.98 Å². The highest BCUT2D eigenvalue weighted by molar-refractivity contribution is 14.1. The Hall–Kier alpha value is -1.04. The third kappa shape index (κ3) is 2.37. The monoisotopic (exact) mass is 327 g/mol. The Kier molecular flexibility index (Phi) is 3.48. The molecule has 0 spiro atoms. The predicted molar refractivity (Wildman–Crippen MR) is 75.2 cm³/mol. The molecule has 0 fully saturated rings. The lowest BCUT2D eigenvalue weighted by Gasteiger charge is -2.08. The second-order valence-electron chi connectivity index (χ2n) is 3.58. The highest BCUT2D eigenvalue weighted by atomic mass is 127. The van der Waals surface area contributed by atoms with E-state index < -0.39 is 0 Å². The van der Waals surface area contributed by atoms with E-state index in [0.717, 1.165) is 23.9 Å². The van der Waals surface area contributed by atoms with E-state index in [2.05, 4.69) is 68.6 Å². The number of nitrogens with zero attached hydrogens (tertiary/aromatic N) is 2. The van der Waals surface area contributed by atoms with Crippen LogP contribution in [0.4, 0.5) is 5.95 Å². The molecule has 0 unspecified atom stereocenters. The van der Waals surface area contributed by atoms with Gasteiger partial charge in [0.25, 0.3) is 0 Å². The molecule has 0 amide bonds. The van der Waals surface area contributed by atoms with Crippen LogP contribution in [0.1, 0.15) is 12.6 Å². The van der Waals surface area contributed by atoms with E-state index in [4.69, 9.17) is 0 Å². The van der Waals surface area contributed by atoms with Crippen molar-refractivity contribution in [1.29, 1.82) is 0 Å². The lowest BCUT2D eigenvalue weighted by Crippen LogP contribution is -2.04. The van der Waals surface area contributed by atoms with E-state index in [0.29, 0.717) is 0 Å². The van der Waals surface area contributed by atoms with Gasteiger partial charge in [0.2, 0.25) is 5.95 Å². The average molecular weight is 327 g/mol. The van der Waals surface area contributed by atoms with Gasteiger partial charge in [0, 0.05) is 22.0 Å². The van der Waals surface area contributed by atoms with Gasteiger partial charge in [0.15, 0.2) is 0 Å². The molecule has 0 saturated heterocycles. The molecule has 0 radical (unpaired) electrons. The molecule has 4 heteroatoms. The number of rotatable bonds is 3. The molecular weight excluding hydrogens is 313 g/mol. The summed E-state index contributed by atoms with van der Waals surface area (Å²) in [5, 5.41) is 3.26. The smallest absolute Gasteiger partial charge is 0.207 e. The number of hydrogen-bond donors (Lipinski definition) is 1. The van der Waals surface area contributed by atoms with Crippen LogP contribution in [0.5, 0.6) is 0 Å². The average Bonchev–Trinajstić information content (AvgIpc) is 2.61. The number of aryl methyl sites for hydroxylation is 1. The quantitative estimate of drug-likeness (QED) is 0.878. The number of nitrogens with one attached hydrogen (secondary N) is 1. The third-order valence-corrected chi connectivity index (χ3v) is 2.99. The van der Waals surface area contributed by atoms with Crippen molar-refractivity contribution in [3.05, 3.63) is 39.7 Å². The first-order valence-electron chi connectivity index (χ1n) is 5.26. The molecule has 0 atom stereocenters. The second-order valence-corrected chi connectivity index (χ2v) is 4.83. The first-order valence-corrected chi connectivity index (χ1v) is 6.34. The zero-order valence-electron chi connectivity index (χ0n) is 9.37. The standard InChI is InChI=1S/C12H14IN3/c1-3-14-12-15-9(2)8-16(12)11-6-4-10(13)5-7-11/h4-8H,3H2,1-2H3,(H,14,15). The fourth-order valence-corrected chi connectivity index (χ4v) is 1.94. The Morgan fingerprint density at radius 3 is 2.62 bits per heavy atom. The van der Waals surface area contributed by atoms with Crippen molar-refractivity contribution < 1.29 is 0 Å². The summed E-state index contributed by atoms with van der Waals surface area (Å²) in [5.41, 5.74) is 2.16. The molecule has 0 aliphatic rings.